The van der Waals surface area contributed by atoms with Crippen LogP contribution in [-0.4, -0.2) is 13.6 Å². The molecule has 0 radical (unpaired) electrons. The van der Waals surface area contributed by atoms with E-state index >= 15 is 0 Å². The second-order valence-electron chi connectivity index (χ2n) is 2.63. The Morgan fingerprint density at radius 3 is 2.08 bits per heavy atom. The normalized spacial score (nSPS) is 12.6. The topological polar surface area (TPSA) is 0 Å². The fourth-order valence-electron chi connectivity index (χ4n) is 0.970. The Morgan fingerprint density at radius 2 is 1.69 bits per heavy atom. The van der Waals surface area contributed by atoms with E-state index in [4.69, 9.17) is 0 Å². The van der Waals surface area contributed by atoms with Crippen molar-refractivity contribution in [3.8, 4) is 0 Å². The summed E-state index contributed by atoms with van der Waals surface area (Å²) in [5, 5.41) is 1.09. The Morgan fingerprint density at radius 1 is 1.15 bits per heavy atom. The summed E-state index contributed by atoms with van der Waals surface area (Å²) in [6.07, 6.45) is -4.20. The molecule has 0 aliphatic heterocycles. The zero-order chi connectivity index (χ0) is 9.90. The van der Waals surface area contributed by atoms with E-state index in [2.05, 4.69) is 22.6 Å². The molecule has 0 saturated heterocycles. The van der Waals surface area contributed by atoms with Crippen LogP contribution in [0.25, 0.3) is 0 Å². The van der Waals surface area contributed by atoms with Crippen LogP contribution in [-0.2, 0) is 6.18 Å². The number of hydrogen-bond acceptors (Lipinski definition) is 0. The Bertz CT molecular complexity index is 268. The molecule has 0 saturated carbocycles. The maximum Gasteiger partial charge on any atom is 0.416 e. The number of hydrogen-bond donors (Lipinski definition) is 0. The van der Waals surface area contributed by atoms with E-state index in [1.54, 1.807) is 12.1 Å². The molecule has 0 bridgehead atoms. The van der Waals surface area contributed by atoms with Crippen molar-refractivity contribution in [1.82, 2.24) is 0 Å². The van der Waals surface area contributed by atoms with Gasteiger partial charge < -0.3 is 0 Å². The van der Waals surface area contributed by atoms with Crippen molar-refractivity contribution in [2.75, 3.05) is 4.05 Å². The van der Waals surface area contributed by atoms with Crippen LogP contribution < -0.4 is 5.19 Å². The van der Waals surface area contributed by atoms with Crippen LogP contribution >= 0.6 is 22.6 Å². The van der Waals surface area contributed by atoms with E-state index in [0.717, 1.165) is 21.4 Å². The van der Waals surface area contributed by atoms with E-state index in [0.29, 0.717) is 0 Å². The van der Waals surface area contributed by atoms with Gasteiger partial charge in [-0.1, -0.05) is 52.0 Å². The third-order valence-corrected chi connectivity index (χ3v) is 4.52. The lowest BCUT2D eigenvalue weighted by atomic mass is 10.2. The Balaban J connectivity index is 2.81. The predicted molar refractivity (Wildman–Crippen MR) is 58.5 cm³/mol. The average Bonchev–Trinajstić information content (AvgIpc) is 2.04. The molecule has 0 spiro atoms. The first kappa shape index (κ1) is 11.0. The van der Waals surface area contributed by atoms with Crippen molar-refractivity contribution >= 4 is 37.3 Å². The van der Waals surface area contributed by atoms with Gasteiger partial charge in [0.25, 0.3) is 0 Å². The number of rotatable bonds is 2. The van der Waals surface area contributed by atoms with Gasteiger partial charge in [0.05, 0.1) is 15.1 Å². The lowest BCUT2D eigenvalue weighted by Crippen LogP contribution is -2.16. The van der Waals surface area contributed by atoms with Crippen LogP contribution in [0.2, 0.25) is 0 Å². The second kappa shape index (κ2) is 4.45. The minimum Gasteiger partial charge on any atom is -0.166 e. The maximum atomic E-state index is 12.1. The SMILES string of the molecule is FC(F)(F)c1ccc([SiH2]CI)cc1. The van der Waals surface area contributed by atoms with Crippen molar-refractivity contribution in [1.29, 1.82) is 0 Å². The number of benzene rings is 1. The lowest BCUT2D eigenvalue weighted by molar-refractivity contribution is -0.137. The van der Waals surface area contributed by atoms with E-state index in [1.807, 2.05) is 0 Å². The van der Waals surface area contributed by atoms with Gasteiger partial charge >= 0.3 is 6.18 Å². The Kier molecular flexibility index (Phi) is 3.78. The van der Waals surface area contributed by atoms with Gasteiger partial charge in [0.2, 0.25) is 0 Å². The van der Waals surface area contributed by atoms with Gasteiger partial charge in [-0.05, 0) is 4.05 Å². The third kappa shape index (κ3) is 3.30. The van der Waals surface area contributed by atoms with Crippen molar-refractivity contribution < 1.29 is 13.2 Å². The van der Waals surface area contributed by atoms with Crippen LogP contribution in [0.5, 0.6) is 0 Å². The zero-order valence-corrected chi connectivity index (χ0v) is 10.3. The molecular weight excluding hydrogens is 308 g/mol. The molecule has 0 nitrogen and oxygen atoms in total. The van der Waals surface area contributed by atoms with Gasteiger partial charge in [-0.15, -0.1) is 0 Å². The summed E-state index contributed by atoms with van der Waals surface area (Å²) >= 11 is 2.26. The first-order valence-electron chi connectivity index (χ1n) is 3.76. The lowest BCUT2D eigenvalue weighted by Gasteiger charge is -2.06. The quantitative estimate of drug-likeness (QED) is 0.444. The second-order valence-corrected chi connectivity index (χ2v) is 7.56. The summed E-state index contributed by atoms with van der Waals surface area (Å²) in [4.78, 5) is 0. The van der Waals surface area contributed by atoms with Gasteiger partial charge in [-0.2, -0.15) is 13.2 Å². The van der Waals surface area contributed by atoms with Crippen LogP contribution in [0.1, 0.15) is 5.56 Å². The molecule has 0 amide bonds. The molecule has 0 aliphatic carbocycles. The van der Waals surface area contributed by atoms with E-state index < -0.39 is 11.7 Å². The third-order valence-electron chi connectivity index (χ3n) is 1.66. The van der Waals surface area contributed by atoms with Crippen molar-refractivity contribution in [2.45, 2.75) is 6.18 Å². The molecule has 0 fully saturated rings. The molecule has 1 rings (SSSR count). The van der Waals surface area contributed by atoms with Gasteiger partial charge in [0.1, 0.15) is 0 Å². The largest absolute Gasteiger partial charge is 0.416 e. The minimum absolute atomic E-state index is 0.341. The molecule has 0 aromatic heterocycles. The van der Waals surface area contributed by atoms with Crippen LogP contribution in [0.3, 0.4) is 0 Å². The maximum absolute atomic E-state index is 12.1. The fraction of sp³-hybridized carbons (Fsp3) is 0.250. The molecule has 0 unspecified atom stereocenters. The van der Waals surface area contributed by atoms with E-state index in [1.165, 1.54) is 0 Å². The fourth-order valence-corrected chi connectivity index (χ4v) is 3.63. The molecule has 1 aromatic rings. The van der Waals surface area contributed by atoms with Gasteiger partial charge in [-0.3, -0.25) is 0 Å². The van der Waals surface area contributed by atoms with E-state index in [-0.39, 0.29) is 9.52 Å². The Labute approximate surface area is 90.5 Å². The summed E-state index contributed by atoms with van der Waals surface area (Å²) in [7, 11) is -0.341. The zero-order valence-electron chi connectivity index (χ0n) is 6.74. The summed E-state index contributed by atoms with van der Waals surface area (Å²) in [6.45, 7) is 0. The molecule has 0 aliphatic rings. The molecule has 5 heteroatoms. The number of halogens is 4. The molecule has 0 heterocycles. The van der Waals surface area contributed by atoms with Crippen LogP contribution in [0.15, 0.2) is 24.3 Å². The van der Waals surface area contributed by atoms with Crippen molar-refractivity contribution in [2.24, 2.45) is 0 Å². The summed E-state index contributed by atoms with van der Waals surface area (Å²) in [5.41, 5.74) is -0.557. The smallest absolute Gasteiger partial charge is 0.166 e. The first-order valence-corrected chi connectivity index (χ1v) is 6.99. The Hall–Kier alpha value is -0.0431. The summed E-state index contributed by atoms with van der Waals surface area (Å²) < 4.78 is 37.4. The monoisotopic (exact) mass is 316 g/mol. The molecule has 13 heavy (non-hydrogen) atoms. The van der Waals surface area contributed by atoms with Crippen molar-refractivity contribution in [3.05, 3.63) is 29.8 Å². The molecule has 72 valence electrons. The van der Waals surface area contributed by atoms with Crippen LogP contribution in [0.4, 0.5) is 13.2 Å². The number of alkyl halides is 4. The van der Waals surface area contributed by atoms with E-state index in [9.17, 15) is 13.2 Å². The molecular formula is C8H8F3ISi. The standard InChI is InChI=1S/C8H8F3ISi/c9-8(10,11)6-1-3-7(4-2-6)13-5-12/h1-4H,5,13H2. The highest BCUT2D eigenvalue weighted by Gasteiger charge is 2.29. The van der Waals surface area contributed by atoms with Crippen molar-refractivity contribution in [3.63, 3.8) is 0 Å². The highest BCUT2D eigenvalue weighted by Crippen LogP contribution is 2.28. The molecule has 0 atom stereocenters. The minimum atomic E-state index is -4.20. The highest BCUT2D eigenvalue weighted by molar-refractivity contribution is 14.1. The summed E-state index contributed by atoms with van der Waals surface area (Å²) in [5.74, 6) is 0. The first-order chi connectivity index (χ1) is 6.04. The summed E-state index contributed by atoms with van der Waals surface area (Å²) in [6, 6.07) is 5.50. The predicted octanol–water partition coefficient (Wildman–Crippen LogP) is 1.89. The van der Waals surface area contributed by atoms with Crippen LogP contribution in [0, 0.1) is 0 Å². The highest BCUT2D eigenvalue weighted by atomic mass is 127. The van der Waals surface area contributed by atoms with Gasteiger partial charge in [0, 0.05) is 0 Å². The van der Waals surface area contributed by atoms with Gasteiger partial charge in [-0.25, -0.2) is 0 Å². The average molecular weight is 316 g/mol. The molecule has 0 N–H and O–H groups in total. The molecule has 1 aromatic carbocycles. The van der Waals surface area contributed by atoms with Gasteiger partial charge in [0.15, 0.2) is 0 Å².